The molecule has 0 aliphatic heterocycles. The highest BCUT2D eigenvalue weighted by Gasteiger charge is 2.34. The first-order valence-electron chi connectivity index (χ1n) is 5.83. The third kappa shape index (κ3) is 2.41. The Morgan fingerprint density at radius 1 is 1.31 bits per heavy atom. The summed E-state index contributed by atoms with van der Waals surface area (Å²) in [5.74, 6) is 0.598. The van der Waals surface area contributed by atoms with E-state index in [4.69, 9.17) is 4.43 Å². The quantitative estimate of drug-likeness (QED) is 0.729. The van der Waals surface area contributed by atoms with Crippen LogP contribution in [0.1, 0.15) is 24.2 Å². The molecular formula is C13H19BrOSi. The molecule has 2 rings (SSSR count). The number of fused-ring (bicyclic) bond motifs is 1. The minimum absolute atomic E-state index is 0.305. The summed E-state index contributed by atoms with van der Waals surface area (Å²) < 4.78 is 7.55. The van der Waals surface area contributed by atoms with E-state index in [1.807, 2.05) is 0 Å². The summed E-state index contributed by atoms with van der Waals surface area (Å²) in [6.07, 6.45) is 1.44. The number of benzene rings is 1. The fourth-order valence-corrected chi connectivity index (χ4v) is 4.02. The lowest BCUT2D eigenvalue weighted by atomic mass is 10.1. The Labute approximate surface area is 107 Å². The lowest BCUT2D eigenvalue weighted by molar-refractivity contribution is 0.152. The van der Waals surface area contributed by atoms with Gasteiger partial charge in [-0.1, -0.05) is 35.0 Å². The van der Waals surface area contributed by atoms with Gasteiger partial charge < -0.3 is 4.43 Å². The average Bonchev–Trinajstić information content (AvgIpc) is 2.44. The molecule has 0 aromatic heterocycles. The topological polar surface area (TPSA) is 9.23 Å². The van der Waals surface area contributed by atoms with Crippen molar-refractivity contribution in [2.45, 2.75) is 39.1 Å². The molecule has 1 aliphatic rings. The van der Waals surface area contributed by atoms with E-state index in [0.717, 1.165) is 6.42 Å². The summed E-state index contributed by atoms with van der Waals surface area (Å²) >= 11 is 3.64. The second-order valence-corrected chi connectivity index (χ2v) is 11.0. The summed E-state index contributed by atoms with van der Waals surface area (Å²) in [6, 6.07) is 6.46. The van der Waals surface area contributed by atoms with E-state index >= 15 is 0 Å². The van der Waals surface area contributed by atoms with Crippen molar-refractivity contribution in [3.05, 3.63) is 33.8 Å². The van der Waals surface area contributed by atoms with Gasteiger partial charge in [-0.15, -0.1) is 0 Å². The maximum Gasteiger partial charge on any atom is 0.184 e. The molecule has 0 heterocycles. The second kappa shape index (κ2) is 4.28. The predicted molar refractivity (Wildman–Crippen MR) is 74.2 cm³/mol. The van der Waals surface area contributed by atoms with Crippen LogP contribution in [0, 0.1) is 5.92 Å². The van der Waals surface area contributed by atoms with E-state index in [9.17, 15) is 0 Å². The first kappa shape index (κ1) is 12.3. The Balaban J connectivity index is 2.33. The molecule has 1 aliphatic carbocycles. The van der Waals surface area contributed by atoms with Crippen LogP contribution in [0.4, 0.5) is 0 Å². The van der Waals surface area contributed by atoms with E-state index in [0.29, 0.717) is 12.0 Å². The summed E-state index contributed by atoms with van der Waals surface area (Å²) in [7, 11) is -1.47. The van der Waals surface area contributed by atoms with Crippen LogP contribution in [0.25, 0.3) is 0 Å². The molecule has 0 fully saturated rings. The summed E-state index contributed by atoms with van der Waals surface area (Å²) in [5, 5.41) is 0. The number of hydrogen-bond donors (Lipinski definition) is 0. The molecule has 0 radical (unpaired) electrons. The van der Waals surface area contributed by atoms with Gasteiger partial charge in [-0.2, -0.15) is 0 Å². The van der Waals surface area contributed by atoms with E-state index in [1.54, 1.807) is 0 Å². The van der Waals surface area contributed by atoms with Crippen LogP contribution in [0.5, 0.6) is 0 Å². The van der Waals surface area contributed by atoms with Gasteiger partial charge in [-0.05, 0) is 49.2 Å². The van der Waals surface area contributed by atoms with Crippen LogP contribution in [-0.4, -0.2) is 8.32 Å². The lowest BCUT2D eigenvalue weighted by Gasteiger charge is -2.27. The normalized spacial score (nSPS) is 24.6. The van der Waals surface area contributed by atoms with Crippen LogP contribution >= 0.6 is 15.9 Å². The fourth-order valence-electron chi connectivity index (χ4n) is 2.35. The van der Waals surface area contributed by atoms with Crippen molar-refractivity contribution in [3.63, 3.8) is 0 Å². The number of hydrogen-bond acceptors (Lipinski definition) is 1. The average molecular weight is 299 g/mol. The van der Waals surface area contributed by atoms with E-state index < -0.39 is 8.32 Å². The molecule has 0 saturated carbocycles. The first-order chi connectivity index (χ1) is 7.38. The van der Waals surface area contributed by atoms with Crippen molar-refractivity contribution in [3.8, 4) is 0 Å². The molecule has 1 aromatic rings. The van der Waals surface area contributed by atoms with E-state index in [-0.39, 0.29) is 0 Å². The van der Waals surface area contributed by atoms with Crippen LogP contribution in [0.2, 0.25) is 19.6 Å². The molecule has 2 atom stereocenters. The largest absolute Gasteiger partial charge is 0.410 e. The number of rotatable bonds is 2. The SMILES string of the molecule is CC1Cc2c(Br)cccc2C1O[Si](C)(C)C. The summed E-state index contributed by atoms with van der Waals surface area (Å²) in [6.45, 7) is 9.07. The van der Waals surface area contributed by atoms with E-state index in [1.165, 1.54) is 15.6 Å². The van der Waals surface area contributed by atoms with Crippen LogP contribution in [-0.2, 0) is 10.8 Å². The molecule has 1 aromatic carbocycles. The molecule has 1 nitrogen and oxygen atoms in total. The molecule has 88 valence electrons. The van der Waals surface area contributed by atoms with Crippen LogP contribution in [0.3, 0.4) is 0 Å². The predicted octanol–water partition coefficient (Wildman–Crippen LogP) is 4.53. The van der Waals surface area contributed by atoms with Gasteiger partial charge in [0.1, 0.15) is 0 Å². The zero-order chi connectivity index (χ0) is 11.9. The minimum Gasteiger partial charge on any atom is -0.410 e. The Kier molecular flexibility index (Phi) is 3.30. The molecule has 0 bridgehead atoms. The smallest absolute Gasteiger partial charge is 0.184 e. The van der Waals surface area contributed by atoms with E-state index in [2.05, 4.69) is 60.7 Å². The zero-order valence-corrected chi connectivity index (χ0v) is 13.0. The minimum atomic E-state index is -1.47. The van der Waals surface area contributed by atoms with Gasteiger partial charge in [0.2, 0.25) is 0 Å². The van der Waals surface area contributed by atoms with Crippen molar-refractivity contribution in [2.75, 3.05) is 0 Å². The van der Waals surface area contributed by atoms with Gasteiger partial charge in [-0.25, -0.2) is 0 Å². The van der Waals surface area contributed by atoms with Gasteiger partial charge in [0.15, 0.2) is 8.32 Å². The molecule has 0 amide bonds. The van der Waals surface area contributed by atoms with Crippen molar-refractivity contribution >= 4 is 24.2 Å². The Bertz CT molecular complexity index is 397. The molecule has 0 N–H and O–H groups in total. The Morgan fingerprint density at radius 2 is 2.00 bits per heavy atom. The standard InChI is InChI=1S/C13H19BrOSi/c1-9-8-11-10(6-5-7-12(11)14)13(9)15-16(2,3)4/h5-7,9,13H,8H2,1-4H3. The lowest BCUT2D eigenvalue weighted by Crippen LogP contribution is -2.29. The summed E-state index contributed by atoms with van der Waals surface area (Å²) in [4.78, 5) is 0. The van der Waals surface area contributed by atoms with Gasteiger partial charge >= 0.3 is 0 Å². The maximum atomic E-state index is 6.31. The van der Waals surface area contributed by atoms with Crippen LogP contribution < -0.4 is 0 Å². The van der Waals surface area contributed by atoms with Gasteiger partial charge in [0.05, 0.1) is 6.10 Å². The molecular weight excluding hydrogens is 280 g/mol. The van der Waals surface area contributed by atoms with Crippen molar-refractivity contribution < 1.29 is 4.43 Å². The molecule has 3 heteroatoms. The molecule has 0 saturated heterocycles. The van der Waals surface area contributed by atoms with Crippen molar-refractivity contribution in [1.82, 2.24) is 0 Å². The monoisotopic (exact) mass is 298 g/mol. The molecule has 0 spiro atoms. The summed E-state index contributed by atoms with van der Waals surface area (Å²) in [5.41, 5.74) is 2.84. The third-order valence-corrected chi connectivity index (χ3v) is 4.69. The number of halogens is 1. The van der Waals surface area contributed by atoms with Crippen molar-refractivity contribution in [2.24, 2.45) is 5.92 Å². The van der Waals surface area contributed by atoms with Crippen molar-refractivity contribution in [1.29, 1.82) is 0 Å². The highest BCUT2D eigenvalue weighted by Crippen LogP contribution is 2.42. The molecule has 16 heavy (non-hydrogen) atoms. The molecule has 2 unspecified atom stereocenters. The third-order valence-electron chi connectivity index (χ3n) is 2.99. The second-order valence-electron chi connectivity index (χ2n) is 5.64. The zero-order valence-electron chi connectivity index (χ0n) is 10.4. The first-order valence-corrected chi connectivity index (χ1v) is 10.0. The van der Waals surface area contributed by atoms with Gasteiger partial charge in [0.25, 0.3) is 0 Å². The van der Waals surface area contributed by atoms with Gasteiger partial charge in [0, 0.05) is 4.47 Å². The Morgan fingerprint density at radius 3 is 2.62 bits per heavy atom. The van der Waals surface area contributed by atoms with Gasteiger partial charge in [-0.3, -0.25) is 0 Å². The highest BCUT2D eigenvalue weighted by molar-refractivity contribution is 9.10. The Hall–Kier alpha value is -0.123. The van der Waals surface area contributed by atoms with Crippen LogP contribution in [0.15, 0.2) is 22.7 Å². The maximum absolute atomic E-state index is 6.31. The highest BCUT2D eigenvalue weighted by atomic mass is 79.9. The fraction of sp³-hybridized carbons (Fsp3) is 0.538.